The van der Waals surface area contributed by atoms with Crippen molar-refractivity contribution in [2.75, 3.05) is 5.32 Å². The number of carbonyl (C=O) groups is 1. The van der Waals surface area contributed by atoms with Crippen LogP contribution in [0.3, 0.4) is 0 Å². The monoisotopic (exact) mass is 329 g/mol. The molecule has 118 valence electrons. The molecule has 23 heavy (non-hydrogen) atoms. The van der Waals surface area contributed by atoms with E-state index in [9.17, 15) is 14.9 Å². The third kappa shape index (κ3) is 5.15. The van der Waals surface area contributed by atoms with Crippen LogP contribution < -0.4 is 10.6 Å². The summed E-state index contributed by atoms with van der Waals surface area (Å²) in [5.74, 6) is -0.245. The molecular weight excluding hydrogens is 314 g/mol. The van der Waals surface area contributed by atoms with Crippen molar-refractivity contribution in [2.24, 2.45) is 0 Å². The molecule has 0 aliphatic heterocycles. The number of nitro groups is 1. The number of nitrogens with one attached hydrogen (secondary N) is 2. The zero-order chi connectivity index (χ0) is 16.7. The molecule has 0 aromatic heterocycles. The van der Waals surface area contributed by atoms with E-state index in [-0.39, 0.29) is 28.8 Å². The molecule has 0 atom stereocenters. The summed E-state index contributed by atoms with van der Waals surface area (Å²) >= 11 is 5.02. The SMILES string of the molecule is O=C(CCc1ccccc1)NC(=S)Nc1ccccc1[N+](=O)[O-]. The average Bonchev–Trinajstić information content (AvgIpc) is 2.54. The number of aryl methyl sites for hydroxylation is 1. The van der Waals surface area contributed by atoms with Crippen LogP contribution >= 0.6 is 12.2 Å². The smallest absolute Gasteiger partial charge is 0.292 e. The maximum Gasteiger partial charge on any atom is 0.292 e. The third-order valence-corrected chi connectivity index (χ3v) is 3.29. The van der Waals surface area contributed by atoms with E-state index in [1.165, 1.54) is 12.1 Å². The molecule has 2 aromatic carbocycles. The van der Waals surface area contributed by atoms with Crippen LogP contribution in [-0.2, 0) is 11.2 Å². The standard InChI is InChI=1S/C16H15N3O3S/c20-15(11-10-12-6-2-1-3-7-12)18-16(23)17-13-8-4-5-9-14(13)19(21)22/h1-9H,10-11H2,(H2,17,18,20,23). The van der Waals surface area contributed by atoms with Crippen molar-refractivity contribution in [1.82, 2.24) is 5.32 Å². The highest BCUT2D eigenvalue weighted by molar-refractivity contribution is 7.80. The van der Waals surface area contributed by atoms with Gasteiger partial charge < -0.3 is 10.6 Å². The van der Waals surface area contributed by atoms with Crippen molar-refractivity contribution in [3.63, 3.8) is 0 Å². The molecular formula is C16H15N3O3S. The normalized spacial score (nSPS) is 9.91. The van der Waals surface area contributed by atoms with Gasteiger partial charge in [0.25, 0.3) is 5.69 Å². The Bertz CT molecular complexity index is 720. The molecule has 0 radical (unpaired) electrons. The molecule has 0 aliphatic carbocycles. The highest BCUT2D eigenvalue weighted by Crippen LogP contribution is 2.22. The first-order valence-corrected chi connectivity index (χ1v) is 7.35. The van der Waals surface area contributed by atoms with Crippen LogP contribution in [0.5, 0.6) is 0 Å². The molecule has 0 saturated carbocycles. The van der Waals surface area contributed by atoms with Gasteiger partial charge in [-0.15, -0.1) is 0 Å². The van der Waals surface area contributed by atoms with E-state index in [0.717, 1.165) is 5.56 Å². The molecule has 7 heteroatoms. The molecule has 6 nitrogen and oxygen atoms in total. The minimum absolute atomic E-state index is 0.0392. The largest absolute Gasteiger partial charge is 0.327 e. The van der Waals surface area contributed by atoms with Crippen molar-refractivity contribution in [3.05, 3.63) is 70.3 Å². The molecule has 0 spiro atoms. The molecule has 2 rings (SSSR count). The van der Waals surface area contributed by atoms with Gasteiger partial charge in [-0.1, -0.05) is 42.5 Å². The highest BCUT2D eigenvalue weighted by atomic mass is 32.1. The Hall–Kier alpha value is -2.80. The lowest BCUT2D eigenvalue weighted by atomic mass is 10.1. The van der Waals surface area contributed by atoms with Gasteiger partial charge in [0.15, 0.2) is 5.11 Å². The van der Waals surface area contributed by atoms with Crippen LogP contribution in [0, 0.1) is 10.1 Å². The van der Waals surface area contributed by atoms with Crippen molar-refractivity contribution < 1.29 is 9.72 Å². The van der Waals surface area contributed by atoms with Gasteiger partial charge >= 0.3 is 0 Å². The van der Waals surface area contributed by atoms with E-state index >= 15 is 0 Å². The van der Waals surface area contributed by atoms with Crippen LogP contribution in [0.1, 0.15) is 12.0 Å². The quantitative estimate of drug-likeness (QED) is 0.500. The van der Waals surface area contributed by atoms with Crippen molar-refractivity contribution in [1.29, 1.82) is 0 Å². The molecule has 0 aliphatic rings. The van der Waals surface area contributed by atoms with E-state index in [1.54, 1.807) is 12.1 Å². The van der Waals surface area contributed by atoms with Gasteiger partial charge in [0.05, 0.1) is 4.92 Å². The fourth-order valence-corrected chi connectivity index (χ4v) is 2.21. The summed E-state index contributed by atoms with van der Waals surface area (Å²) < 4.78 is 0. The highest BCUT2D eigenvalue weighted by Gasteiger charge is 2.14. The van der Waals surface area contributed by atoms with Gasteiger partial charge in [-0.2, -0.15) is 0 Å². The number of nitro benzene ring substituents is 1. The number of hydrogen-bond donors (Lipinski definition) is 2. The summed E-state index contributed by atoms with van der Waals surface area (Å²) in [4.78, 5) is 22.3. The lowest BCUT2D eigenvalue weighted by molar-refractivity contribution is -0.383. The molecule has 0 bridgehead atoms. The zero-order valence-electron chi connectivity index (χ0n) is 12.2. The number of hydrogen-bond acceptors (Lipinski definition) is 4. The minimum Gasteiger partial charge on any atom is -0.327 e. The van der Waals surface area contributed by atoms with E-state index in [0.29, 0.717) is 6.42 Å². The van der Waals surface area contributed by atoms with Crippen LogP contribution in [-0.4, -0.2) is 15.9 Å². The summed E-state index contributed by atoms with van der Waals surface area (Å²) in [6, 6.07) is 15.7. The molecule has 2 aromatic rings. The van der Waals surface area contributed by atoms with Crippen molar-refractivity contribution in [3.8, 4) is 0 Å². The van der Waals surface area contributed by atoms with Gasteiger partial charge in [-0.25, -0.2) is 0 Å². The Morgan fingerprint density at radius 2 is 1.74 bits per heavy atom. The number of para-hydroxylation sites is 2. The first kappa shape index (κ1) is 16.6. The van der Waals surface area contributed by atoms with Crippen LogP contribution in [0.2, 0.25) is 0 Å². The lowest BCUT2D eigenvalue weighted by Gasteiger charge is -2.09. The Morgan fingerprint density at radius 1 is 1.09 bits per heavy atom. The fraction of sp³-hybridized carbons (Fsp3) is 0.125. The summed E-state index contributed by atoms with van der Waals surface area (Å²) in [5, 5.41) is 16.2. The summed E-state index contributed by atoms with van der Waals surface area (Å²) in [7, 11) is 0. The predicted molar refractivity (Wildman–Crippen MR) is 92.2 cm³/mol. The summed E-state index contributed by atoms with van der Waals surface area (Å²) in [5.41, 5.74) is 1.19. The maximum absolute atomic E-state index is 11.9. The predicted octanol–water partition coefficient (Wildman–Crippen LogP) is 3.04. The van der Waals surface area contributed by atoms with Crippen molar-refractivity contribution >= 4 is 34.6 Å². The third-order valence-electron chi connectivity index (χ3n) is 3.09. The molecule has 0 unspecified atom stereocenters. The first-order valence-electron chi connectivity index (χ1n) is 6.94. The Labute approximate surface area is 138 Å². The molecule has 2 N–H and O–H groups in total. The second-order valence-corrected chi connectivity index (χ2v) is 5.17. The van der Waals surface area contributed by atoms with Gasteiger partial charge in [0.1, 0.15) is 5.69 Å². The average molecular weight is 329 g/mol. The van der Waals surface area contributed by atoms with E-state index in [2.05, 4.69) is 10.6 Å². The second kappa shape index (κ2) is 8.00. The summed E-state index contributed by atoms with van der Waals surface area (Å²) in [6.45, 7) is 0. The van der Waals surface area contributed by atoms with Crippen LogP contribution in [0.4, 0.5) is 11.4 Å². The number of nitrogens with zero attached hydrogens (tertiary/aromatic N) is 1. The van der Waals surface area contributed by atoms with Crippen LogP contribution in [0.15, 0.2) is 54.6 Å². The maximum atomic E-state index is 11.9. The topological polar surface area (TPSA) is 84.3 Å². The number of amides is 1. The van der Waals surface area contributed by atoms with Crippen molar-refractivity contribution in [2.45, 2.75) is 12.8 Å². The molecule has 0 fully saturated rings. The number of thiocarbonyl (C=S) groups is 1. The Morgan fingerprint density at radius 3 is 2.43 bits per heavy atom. The van der Waals surface area contributed by atoms with Gasteiger partial charge in [0, 0.05) is 12.5 Å². The van der Waals surface area contributed by atoms with E-state index in [1.807, 2.05) is 30.3 Å². The number of anilines is 1. The molecule has 0 heterocycles. The van der Waals surface area contributed by atoms with Crippen LogP contribution in [0.25, 0.3) is 0 Å². The second-order valence-electron chi connectivity index (χ2n) is 4.76. The number of rotatable bonds is 5. The Kier molecular flexibility index (Phi) is 5.76. The number of benzene rings is 2. The lowest BCUT2D eigenvalue weighted by Crippen LogP contribution is -2.34. The van der Waals surface area contributed by atoms with Gasteiger partial charge in [-0.3, -0.25) is 14.9 Å². The summed E-state index contributed by atoms with van der Waals surface area (Å²) in [6.07, 6.45) is 0.878. The molecule has 1 amide bonds. The fourth-order valence-electron chi connectivity index (χ4n) is 1.98. The van der Waals surface area contributed by atoms with E-state index < -0.39 is 4.92 Å². The van der Waals surface area contributed by atoms with Gasteiger partial charge in [-0.05, 0) is 30.3 Å². The van der Waals surface area contributed by atoms with E-state index in [4.69, 9.17) is 12.2 Å². The first-order chi connectivity index (χ1) is 11.1. The zero-order valence-corrected chi connectivity index (χ0v) is 13.0. The van der Waals surface area contributed by atoms with Gasteiger partial charge in [0.2, 0.25) is 5.91 Å². The molecule has 0 saturated heterocycles. The Balaban J connectivity index is 1.87. The minimum atomic E-state index is -0.512. The number of carbonyl (C=O) groups excluding carboxylic acids is 1.